The molecule has 0 aliphatic carbocycles. The van der Waals surface area contributed by atoms with E-state index in [-0.39, 0.29) is 6.42 Å². The van der Waals surface area contributed by atoms with Crippen LogP contribution in [0.3, 0.4) is 0 Å². The summed E-state index contributed by atoms with van der Waals surface area (Å²) in [6.07, 6.45) is -1.09. The van der Waals surface area contributed by atoms with Crippen molar-refractivity contribution in [3.05, 3.63) is 48.6 Å². The molecule has 0 aromatic heterocycles. The zero-order valence-electron chi connectivity index (χ0n) is 12.5. The van der Waals surface area contributed by atoms with Gasteiger partial charge in [0, 0.05) is 5.56 Å². The molecule has 0 bridgehead atoms. The molecule has 2 rings (SSSR count). The highest BCUT2D eigenvalue weighted by Gasteiger charge is 2.81. The quantitative estimate of drug-likeness (QED) is 0.429. The number of hydrogen-bond donors (Lipinski definition) is 0. The van der Waals surface area contributed by atoms with E-state index in [1.165, 1.54) is 6.08 Å². The van der Waals surface area contributed by atoms with Gasteiger partial charge in [0.2, 0.25) is 0 Å². The van der Waals surface area contributed by atoms with E-state index < -0.39 is 17.4 Å². The molecule has 0 amide bonds. The van der Waals surface area contributed by atoms with Crippen molar-refractivity contribution >= 4 is 0 Å². The van der Waals surface area contributed by atoms with Gasteiger partial charge in [-0.1, -0.05) is 50.0 Å². The molecule has 0 N–H and O–H groups in total. The van der Waals surface area contributed by atoms with Gasteiger partial charge in [-0.2, -0.15) is 13.2 Å². The van der Waals surface area contributed by atoms with Gasteiger partial charge in [-0.05, 0) is 30.9 Å². The lowest BCUT2D eigenvalue weighted by molar-refractivity contribution is -0.167. The van der Waals surface area contributed by atoms with Crippen LogP contribution < -0.4 is 0 Å². The van der Waals surface area contributed by atoms with Crippen LogP contribution in [-0.4, -0.2) is 17.4 Å². The van der Waals surface area contributed by atoms with Crippen molar-refractivity contribution in [2.75, 3.05) is 0 Å². The molecule has 0 radical (unpaired) electrons. The predicted octanol–water partition coefficient (Wildman–Crippen LogP) is 4.87. The number of alkyl halides is 3. The average molecular weight is 308 g/mol. The van der Waals surface area contributed by atoms with Crippen LogP contribution in [0, 0.1) is 11.8 Å². The molecular formula is C18H19F3O. The summed E-state index contributed by atoms with van der Waals surface area (Å²) in [5.74, 6) is 4.98. The Hall–Kier alpha value is -1.73. The van der Waals surface area contributed by atoms with Gasteiger partial charge in [0.05, 0.1) is 0 Å². The Kier molecular flexibility index (Phi) is 4.67. The minimum Gasteiger partial charge on any atom is -0.340 e. The molecule has 1 saturated heterocycles. The van der Waals surface area contributed by atoms with Crippen LogP contribution in [0.15, 0.2) is 43.0 Å². The SMILES string of the molecule is C=CCC1(CCCC)OC1(C#Cc1ccccc1)C(F)(F)F. The Bertz CT molecular complexity index is 582. The Labute approximate surface area is 129 Å². The van der Waals surface area contributed by atoms with Gasteiger partial charge in [0.15, 0.2) is 0 Å². The van der Waals surface area contributed by atoms with Gasteiger partial charge in [-0.15, -0.1) is 6.58 Å². The predicted molar refractivity (Wildman–Crippen MR) is 80.3 cm³/mol. The fourth-order valence-corrected chi connectivity index (χ4v) is 2.69. The van der Waals surface area contributed by atoms with Gasteiger partial charge in [0.1, 0.15) is 5.60 Å². The Morgan fingerprint density at radius 1 is 1.27 bits per heavy atom. The summed E-state index contributed by atoms with van der Waals surface area (Å²) in [6, 6.07) is 8.64. The van der Waals surface area contributed by atoms with Crippen LogP contribution in [0.2, 0.25) is 0 Å². The third-order valence-corrected chi connectivity index (χ3v) is 3.91. The fourth-order valence-electron chi connectivity index (χ4n) is 2.69. The van der Waals surface area contributed by atoms with Crippen molar-refractivity contribution in [2.45, 2.75) is 50.0 Å². The van der Waals surface area contributed by atoms with Crippen molar-refractivity contribution in [1.29, 1.82) is 0 Å². The molecule has 22 heavy (non-hydrogen) atoms. The summed E-state index contributed by atoms with van der Waals surface area (Å²) >= 11 is 0. The molecule has 1 aromatic carbocycles. The second-order valence-corrected chi connectivity index (χ2v) is 5.49. The molecule has 118 valence electrons. The fraction of sp³-hybridized carbons (Fsp3) is 0.444. The molecule has 1 nitrogen and oxygen atoms in total. The van der Waals surface area contributed by atoms with E-state index in [2.05, 4.69) is 18.4 Å². The van der Waals surface area contributed by atoms with Crippen molar-refractivity contribution in [2.24, 2.45) is 0 Å². The van der Waals surface area contributed by atoms with Gasteiger partial charge < -0.3 is 4.74 Å². The summed E-state index contributed by atoms with van der Waals surface area (Å²) in [6.45, 7) is 5.50. The second-order valence-electron chi connectivity index (χ2n) is 5.49. The molecule has 1 aliphatic heterocycles. The van der Waals surface area contributed by atoms with Crippen LogP contribution in [0.1, 0.15) is 38.2 Å². The lowest BCUT2D eigenvalue weighted by Gasteiger charge is -2.17. The van der Waals surface area contributed by atoms with Crippen LogP contribution in [0.5, 0.6) is 0 Å². The minimum atomic E-state index is -4.52. The maximum absolute atomic E-state index is 13.6. The van der Waals surface area contributed by atoms with E-state index in [1.54, 1.807) is 30.3 Å². The summed E-state index contributed by atoms with van der Waals surface area (Å²) in [5.41, 5.74) is -3.12. The number of ether oxygens (including phenoxy) is 1. The molecule has 0 spiro atoms. The van der Waals surface area contributed by atoms with Crippen LogP contribution in [0.4, 0.5) is 13.2 Å². The maximum Gasteiger partial charge on any atom is 0.431 e. The number of rotatable bonds is 5. The van der Waals surface area contributed by atoms with E-state index in [0.29, 0.717) is 18.4 Å². The zero-order valence-corrected chi connectivity index (χ0v) is 12.5. The van der Waals surface area contributed by atoms with Crippen molar-refractivity contribution in [3.8, 4) is 11.8 Å². The number of hydrogen-bond acceptors (Lipinski definition) is 1. The number of benzene rings is 1. The van der Waals surface area contributed by atoms with Crippen molar-refractivity contribution in [3.63, 3.8) is 0 Å². The topological polar surface area (TPSA) is 12.5 Å². The first kappa shape index (κ1) is 16.6. The van der Waals surface area contributed by atoms with Gasteiger partial charge in [-0.3, -0.25) is 0 Å². The Morgan fingerprint density at radius 3 is 2.50 bits per heavy atom. The Morgan fingerprint density at radius 2 is 1.95 bits per heavy atom. The van der Waals surface area contributed by atoms with Crippen molar-refractivity contribution in [1.82, 2.24) is 0 Å². The first-order valence-electron chi connectivity index (χ1n) is 7.37. The lowest BCUT2D eigenvalue weighted by atomic mass is 9.85. The third kappa shape index (κ3) is 2.91. The van der Waals surface area contributed by atoms with Crippen LogP contribution >= 0.6 is 0 Å². The van der Waals surface area contributed by atoms with Crippen LogP contribution in [0.25, 0.3) is 0 Å². The highest BCUT2D eigenvalue weighted by atomic mass is 19.4. The lowest BCUT2D eigenvalue weighted by Crippen LogP contribution is -2.39. The largest absolute Gasteiger partial charge is 0.431 e. The number of unbranched alkanes of at least 4 members (excludes halogenated alkanes) is 1. The van der Waals surface area contributed by atoms with Gasteiger partial charge in [-0.25, -0.2) is 0 Å². The van der Waals surface area contributed by atoms with E-state index in [1.807, 2.05) is 6.92 Å². The molecular weight excluding hydrogens is 289 g/mol. The normalized spacial score (nSPS) is 26.9. The minimum absolute atomic E-state index is 0.149. The number of halogens is 3. The zero-order chi connectivity index (χ0) is 16.3. The maximum atomic E-state index is 13.6. The third-order valence-electron chi connectivity index (χ3n) is 3.91. The standard InChI is InChI=1S/C18H19F3O/c1-3-5-13-16(12-4-2)17(22-16,18(19,20)21)14-11-15-9-7-6-8-10-15/h4,6-10H,2-3,5,12-13H2,1H3. The molecule has 1 fully saturated rings. The molecule has 0 saturated carbocycles. The van der Waals surface area contributed by atoms with Gasteiger partial charge >= 0.3 is 6.18 Å². The molecule has 1 aliphatic rings. The molecule has 1 heterocycles. The molecule has 2 unspecified atom stereocenters. The second kappa shape index (κ2) is 6.18. The average Bonchev–Trinajstić information content (AvgIpc) is 3.14. The first-order chi connectivity index (χ1) is 10.4. The van der Waals surface area contributed by atoms with Crippen molar-refractivity contribution < 1.29 is 17.9 Å². The molecule has 2 atom stereocenters. The molecule has 1 aromatic rings. The summed E-state index contributed by atoms with van der Waals surface area (Å²) in [4.78, 5) is 0. The van der Waals surface area contributed by atoms with E-state index in [0.717, 1.165) is 6.42 Å². The smallest absolute Gasteiger partial charge is 0.340 e. The summed E-state index contributed by atoms with van der Waals surface area (Å²) in [7, 11) is 0. The number of epoxide rings is 1. The summed E-state index contributed by atoms with van der Waals surface area (Å²) < 4.78 is 46.0. The summed E-state index contributed by atoms with van der Waals surface area (Å²) in [5, 5.41) is 0. The first-order valence-corrected chi connectivity index (χ1v) is 7.37. The van der Waals surface area contributed by atoms with E-state index in [9.17, 15) is 13.2 Å². The van der Waals surface area contributed by atoms with Crippen LogP contribution in [-0.2, 0) is 4.74 Å². The Balaban J connectivity index is 2.36. The highest BCUT2D eigenvalue weighted by Crippen LogP contribution is 2.61. The van der Waals surface area contributed by atoms with E-state index >= 15 is 0 Å². The monoisotopic (exact) mass is 308 g/mol. The highest BCUT2D eigenvalue weighted by molar-refractivity contribution is 5.43. The van der Waals surface area contributed by atoms with E-state index in [4.69, 9.17) is 4.74 Å². The molecule has 4 heteroatoms. The van der Waals surface area contributed by atoms with Gasteiger partial charge in [0.25, 0.3) is 5.60 Å².